The van der Waals surface area contributed by atoms with Gasteiger partial charge in [-0.25, -0.2) is 4.79 Å². The van der Waals surface area contributed by atoms with Crippen LogP contribution in [0.5, 0.6) is 0 Å². The summed E-state index contributed by atoms with van der Waals surface area (Å²) in [5.74, 6) is -3.53. The molecule has 1 heterocycles. The number of hydrogen-bond donors (Lipinski definition) is 1. The summed E-state index contributed by atoms with van der Waals surface area (Å²) in [6.45, 7) is 7.16. The Morgan fingerprint density at radius 2 is 1.34 bits per heavy atom. The van der Waals surface area contributed by atoms with E-state index in [1.54, 1.807) is 0 Å². The Balaban J connectivity index is 1.27. The van der Waals surface area contributed by atoms with Crippen LogP contribution in [0.3, 0.4) is 0 Å². The number of rotatable bonds is 7. The predicted octanol–water partition coefficient (Wildman–Crippen LogP) is 5.09. The van der Waals surface area contributed by atoms with Crippen molar-refractivity contribution < 1.29 is 23.9 Å². The minimum Gasteiger partial charge on any atom is -0.454 e. The molecule has 7 heteroatoms. The number of likely N-dealkylation sites (tertiary alicyclic amines) is 1. The molecule has 0 radical (unpaired) electrons. The molecule has 0 spiro atoms. The largest absolute Gasteiger partial charge is 0.454 e. The Labute approximate surface area is 239 Å². The summed E-state index contributed by atoms with van der Waals surface area (Å²) in [4.78, 5) is 55.7. The monoisotopic (exact) mass is 550 g/mol. The Morgan fingerprint density at radius 3 is 1.83 bits per heavy atom. The molecule has 3 aliphatic carbocycles. The second-order valence-electron chi connectivity index (χ2n) is 11.9. The molecular formula is C34H34N2O5. The first kappa shape index (κ1) is 26.9. The van der Waals surface area contributed by atoms with Crippen molar-refractivity contribution in [1.29, 1.82) is 0 Å². The van der Waals surface area contributed by atoms with Gasteiger partial charge in [0.25, 0.3) is 5.91 Å². The maximum Gasteiger partial charge on any atom is 0.329 e. The number of nitrogens with zero attached hydrogens (tertiary/aromatic N) is 1. The average Bonchev–Trinajstić information content (AvgIpc) is 3.22. The molecule has 0 unspecified atom stereocenters. The van der Waals surface area contributed by atoms with Gasteiger partial charge < -0.3 is 10.1 Å². The number of esters is 1. The molecule has 3 aromatic carbocycles. The van der Waals surface area contributed by atoms with Crippen molar-refractivity contribution in [1.82, 2.24) is 4.90 Å². The van der Waals surface area contributed by atoms with Crippen LogP contribution >= 0.6 is 0 Å². The number of hydrogen-bond acceptors (Lipinski definition) is 5. The van der Waals surface area contributed by atoms with Gasteiger partial charge in [-0.1, -0.05) is 74.5 Å². The number of ether oxygens (including phenoxy) is 1. The van der Waals surface area contributed by atoms with Gasteiger partial charge in [0.05, 0.1) is 11.8 Å². The van der Waals surface area contributed by atoms with Crippen LogP contribution < -0.4 is 5.32 Å². The summed E-state index contributed by atoms with van der Waals surface area (Å²) in [7, 11) is 0. The second-order valence-corrected chi connectivity index (χ2v) is 11.9. The lowest BCUT2D eigenvalue weighted by Crippen LogP contribution is -2.47. The van der Waals surface area contributed by atoms with Crippen molar-refractivity contribution in [2.45, 2.75) is 52.0 Å². The van der Waals surface area contributed by atoms with Crippen molar-refractivity contribution in [2.24, 2.45) is 17.8 Å². The number of anilines is 1. The van der Waals surface area contributed by atoms with Crippen molar-refractivity contribution in [3.8, 4) is 0 Å². The fourth-order valence-corrected chi connectivity index (χ4v) is 7.05. The van der Waals surface area contributed by atoms with Crippen molar-refractivity contribution in [3.05, 3.63) is 100 Å². The van der Waals surface area contributed by atoms with E-state index in [2.05, 4.69) is 5.32 Å². The second kappa shape index (κ2) is 10.3. The van der Waals surface area contributed by atoms with E-state index in [0.717, 1.165) is 38.3 Å². The minimum atomic E-state index is -1.10. The van der Waals surface area contributed by atoms with Crippen LogP contribution in [0.1, 0.15) is 65.5 Å². The lowest BCUT2D eigenvalue weighted by Gasteiger charge is -2.45. The van der Waals surface area contributed by atoms with Crippen molar-refractivity contribution in [2.75, 3.05) is 11.9 Å². The highest BCUT2D eigenvalue weighted by Gasteiger charge is 2.63. The van der Waals surface area contributed by atoms with Crippen molar-refractivity contribution >= 4 is 29.4 Å². The van der Waals surface area contributed by atoms with Gasteiger partial charge >= 0.3 is 5.97 Å². The van der Waals surface area contributed by atoms with Gasteiger partial charge in [-0.3, -0.25) is 19.3 Å². The van der Waals surface area contributed by atoms with E-state index in [4.69, 9.17) is 4.74 Å². The SMILES string of the molecule is Cc1ccc(C)c(NC(=O)COC(=O)[C@H](CC(C)C)N2C(=O)[C@@H]3C4c5ccccc5C(c5ccccc54)[C@H]3C2=O)c1. The van der Waals surface area contributed by atoms with E-state index in [0.29, 0.717) is 5.69 Å². The molecule has 3 amide bonds. The zero-order chi connectivity index (χ0) is 29.0. The Hall–Kier alpha value is -4.26. The zero-order valence-electron chi connectivity index (χ0n) is 23.7. The van der Waals surface area contributed by atoms with Crippen LogP contribution in [0, 0.1) is 31.6 Å². The smallest absolute Gasteiger partial charge is 0.329 e. The van der Waals surface area contributed by atoms with Gasteiger partial charge in [0.15, 0.2) is 6.61 Å². The maximum atomic E-state index is 14.2. The van der Waals surface area contributed by atoms with E-state index < -0.39 is 36.4 Å². The maximum absolute atomic E-state index is 14.2. The van der Waals surface area contributed by atoms with Gasteiger partial charge in [-0.05, 0) is 65.6 Å². The minimum absolute atomic E-state index is 0.00524. The molecule has 3 aromatic rings. The van der Waals surface area contributed by atoms with Crippen LogP contribution in [0.25, 0.3) is 0 Å². The molecule has 1 saturated heterocycles. The number of carbonyl (C=O) groups is 4. The molecule has 3 atom stereocenters. The molecule has 0 saturated carbocycles. The third kappa shape index (κ3) is 4.44. The Kier molecular flexibility index (Phi) is 6.76. The van der Waals surface area contributed by atoms with Crippen LogP contribution in [0.4, 0.5) is 5.69 Å². The first-order chi connectivity index (χ1) is 19.7. The number of benzene rings is 3. The van der Waals surface area contributed by atoms with Crippen LogP contribution in [0.15, 0.2) is 66.7 Å². The molecule has 0 aromatic heterocycles. The van der Waals surface area contributed by atoms with E-state index in [-0.39, 0.29) is 36.0 Å². The molecule has 7 rings (SSSR count). The van der Waals surface area contributed by atoms with Gasteiger partial charge in [0.1, 0.15) is 6.04 Å². The van der Waals surface area contributed by atoms with E-state index in [1.807, 2.05) is 94.4 Å². The molecule has 1 N–H and O–H groups in total. The number of nitrogens with one attached hydrogen (secondary N) is 1. The quantitative estimate of drug-likeness (QED) is 0.327. The molecule has 41 heavy (non-hydrogen) atoms. The molecule has 4 aliphatic rings. The number of carbonyl (C=O) groups excluding carboxylic acids is 4. The summed E-state index contributed by atoms with van der Waals surface area (Å²) >= 11 is 0. The molecular weight excluding hydrogens is 516 g/mol. The third-order valence-corrected chi connectivity index (χ3v) is 8.77. The van der Waals surface area contributed by atoms with Gasteiger partial charge in [0, 0.05) is 17.5 Å². The fourth-order valence-electron chi connectivity index (χ4n) is 7.05. The summed E-state index contributed by atoms with van der Waals surface area (Å²) in [6.07, 6.45) is 0.254. The molecule has 210 valence electrons. The lowest BCUT2D eigenvalue weighted by atomic mass is 9.55. The topological polar surface area (TPSA) is 92.8 Å². The van der Waals surface area contributed by atoms with E-state index in [1.165, 1.54) is 0 Å². The Morgan fingerprint density at radius 1 is 0.829 bits per heavy atom. The molecule has 1 aliphatic heterocycles. The van der Waals surface area contributed by atoms with Gasteiger partial charge in [-0.15, -0.1) is 0 Å². The highest BCUT2D eigenvalue weighted by molar-refractivity contribution is 6.10. The van der Waals surface area contributed by atoms with E-state index >= 15 is 0 Å². The summed E-state index contributed by atoms with van der Waals surface area (Å²) < 4.78 is 5.47. The molecule has 7 nitrogen and oxygen atoms in total. The number of aryl methyl sites for hydroxylation is 2. The standard InChI is InChI=1S/C34H34N2O5/c1-18(2)15-26(34(40)41-17-27(37)35-25-16-19(3)13-14-20(25)4)36-32(38)30-28-21-9-5-6-10-22(21)29(31(30)33(36)39)24-12-8-7-11-23(24)28/h5-14,16,18,26,28-31H,15,17H2,1-4H3,(H,35,37)/t26-,28?,29?,30+,31+/m0/s1. The summed E-state index contributed by atoms with van der Waals surface area (Å²) in [5.41, 5.74) is 6.83. The molecule has 2 bridgehead atoms. The predicted molar refractivity (Wildman–Crippen MR) is 154 cm³/mol. The van der Waals surface area contributed by atoms with Crippen LogP contribution in [-0.2, 0) is 23.9 Å². The molecule has 1 fully saturated rings. The summed E-state index contributed by atoms with van der Waals surface area (Å²) in [6, 6.07) is 20.7. The van der Waals surface area contributed by atoms with Gasteiger partial charge in [0.2, 0.25) is 11.8 Å². The normalized spacial score (nSPS) is 22.7. The zero-order valence-corrected chi connectivity index (χ0v) is 23.7. The highest BCUT2D eigenvalue weighted by atomic mass is 16.5. The average molecular weight is 551 g/mol. The van der Waals surface area contributed by atoms with Crippen LogP contribution in [0.2, 0.25) is 0 Å². The third-order valence-electron chi connectivity index (χ3n) is 8.77. The Bertz CT molecular complexity index is 1460. The van der Waals surface area contributed by atoms with Gasteiger partial charge in [-0.2, -0.15) is 0 Å². The van der Waals surface area contributed by atoms with E-state index in [9.17, 15) is 19.2 Å². The fraction of sp³-hybridized carbons (Fsp3) is 0.353. The van der Waals surface area contributed by atoms with Crippen molar-refractivity contribution in [3.63, 3.8) is 0 Å². The number of amides is 3. The highest BCUT2D eigenvalue weighted by Crippen LogP contribution is 2.61. The van der Waals surface area contributed by atoms with Crippen LogP contribution in [-0.4, -0.2) is 41.2 Å². The lowest BCUT2D eigenvalue weighted by molar-refractivity contribution is -0.160. The first-order valence-corrected chi connectivity index (χ1v) is 14.3. The number of imide groups is 1. The first-order valence-electron chi connectivity index (χ1n) is 14.3. The summed E-state index contributed by atoms with van der Waals surface area (Å²) in [5, 5.41) is 2.79.